The van der Waals surface area contributed by atoms with Gasteiger partial charge in [0.2, 0.25) is 5.95 Å². The van der Waals surface area contributed by atoms with Gasteiger partial charge in [0.1, 0.15) is 11.6 Å². The number of para-hydroxylation sites is 1. The van der Waals surface area contributed by atoms with Crippen molar-refractivity contribution in [3.8, 4) is 0 Å². The Bertz CT molecular complexity index is 768. The number of furan rings is 1. The Labute approximate surface area is 135 Å². The molecule has 0 atom stereocenters. The number of anilines is 3. The lowest BCUT2D eigenvalue weighted by molar-refractivity contribution is 0.518. The molecule has 23 heavy (non-hydrogen) atoms. The molecule has 0 saturated carbocycles. The highest BCUT2D eigenvalue weighted by Crippen LogP contribution is 2.24. The molecule has 0 aliphatic carbocycles. The number of hydrogen-bond acceptors (Lipinski definition) is 5. The molecule has 3 rings (SSSR count). The first-order valence-corrected chi connectivity index (χ1v) is 7.71. The van der Waals surface area contributed by atoms with Gasteiger partial charge in [-0.3, -0.25) is 0 Å². The molecule has 0 fully saturated rings. The van der Waals surface area contributed by atoms with E-state index >= 15 is 0 Å². The highest BCUT2D eigenvalue weighted by Gasteiger charge is 2.07. The van der Waals surface area contributed by atoms with Crippen LogP contribution in [0.3, 0.4) is 0 Å². The molecule has 0 radical (unpaired) electrons. The minimum absolute atomic E-state index is 0.582. The first-order chi connectivity index (χ1) is 11.3. The summed E-state index contributed by atoms with van der Waals surface area (Å²) < 4.78 is 5.31. The molecule has 0 saturated heterocycles. The van der Waals surface area contributed by atoms with E-state index < -0.39 is 0 Å². The van der Waals surface area contributed by atoms with E-state index in [2.05, 4.69) is 52.6 Å². The molecular formula is C18H20N4O. The summed E-state index contributed by atoms with van der Waals surface area (Å²) in [5, 5.41) is 6.57. The lowest BCUT2D eigenvalue weighted by Gasteiger charge is -2.13. The van der Waals surface area contributed by atoms with Gasteiger partial charge < -0.3 is 15.1 Å². The van der Waals surface area contributed by atoms with Crippen LogP contribution in [0.2, 0.25) is 0 Å². The summed E-state index contributed by atoms with van der Waals surface area (Å²) in [7, 11) is 0. The van der Waals surface area contributed by atoms with Crippen LogP contribution < -0.4 is 10.6 Å². The predicted molar refractivity (Wildman–Crippen MR) is 91.9 cm³/mol. The van der Waals surface area contributed by atoms with Gasteiger partial charge in [-0.25, -0.2) is 4.98 Å². The highest BCUT2D eigenvalue weighted by molar-refractivity contribution is 5.63. The van der Waals surface area contributed by atoms with E-state index in [1.165, 1.54) is 11.1 Å². The van der Waals surface area contributed by atoms with Crippen LogP contribution >= 0.6 is 0 Å². The Hall–Kier alpha value is -2.82. The van der Waals surface area contributed by atoms with E-state index in [0.717, 1.165) is 23.7 Å². The Morgan fingerprint density at radius 3 is 2.83 bits per heavy atom. The fraction of sp³-hybridized carbons (Fsp3) is 0.222. The summed E-state index contributed by atoms with van der Waals surface area (Å²) in [6, 6.07) is 11.9. The average Bonchev–Trinajstić information content (AvgIpc) is 3.09. The van der Waals surface area contributed by atoms with Gasteiger partial charge in [0.05, 0.1) is 12.8 Å². The molecule has 2 N–H and O–H groups in total. The summed E-state index contributed by atoms with van der Waals surface area (Å²) in [5.41, 5.74) is 3.52. The largest absolute Gasteiger partial charge is 0.467 e. The molecule has 0 bridgehead atoms. The molecule has 0 amide bonds. The molecule has 118 valence electrons. The fourth-order valence-corrected chi connectivity index (χ4v) is 2.42. The molecule has 0 spiro atoms. The quantitative estimate of drug-likeness (QED) is 0.711. The molecule has 0 aliphatic rings. The SMILES string of the molecule is CCc1cccc(C)c1Nc1nccc(NCc2ccco2)n1. The minimum Gasteiger partial charge on any atom is -0.467 e. The van der Waals surface area contributed by atoms with Gasteiger partial charge in [-0.05, 0) is 42.7 Å². The van der Waals surface area contributed by atoms with Crippen LogP contribution in [0.5, 0.6) is 0 Å². The Morgan fingerprint density at radius 1 is 1.13 bits per heavy atom. The zero-order valence-corrected chi connectivity index (χ0v) is 13.3. The van der Waals surface area contributed by atoms with E-state index in [-0.39, 0.29) is 0 Å². The van der Waals surface area contributed by atoms with E-state index in [0.29, 0.717) is 12.5 Å². The van der Waals surface area contributed by atoms with Gasteiger partial charge in [-0.15, -0.1) is 0 Å². The maximum atomic E-state index is 5.31. The second-order valence-electron chi connectivity index (χ2n) is 5.29. The van der Waals surface area contributed by atoms with Crippen molar-refractivity contribution < 1.29 is 4.42 Å². The van der Waals surface area contributed by atoms with Crippen molar-refractivity contribution in [1.29, 1.82) is 0 Å². The highest BCUT2D eigenvalue weighted by atomic mass is 16.3. The lowest BCUT2D eigenvalue weighted by atomic mass is 10.1. The second-order valence-corrected chi connectivity index (χ2v) is 5.29. The summed E-state index contributed by atoms with van der Waals surface area (Å²) in [5.74, 6) is 2.20. The number of nitrogens with one attached hydrogen (secondary N) is 2. The van der Waals surface area contributed by atoms with Crippen LogP contribution in [0.1, 0.15) is 23.8 Å². The van der Waals surface area contributed by atoms with Gasteiger partial charge in [-0.2, -0.15) is 4.98 Å². The van der Waals surface area contributed by atoms with Crippen molar-refractivity contribution in [3.63, 3.8) is 0 Å². The number of hydrogen-bond donors (Lipinski definition) is 2. The van der Waals surface area contributed by atoms with Gasteiger partial charge >= 0.3 is 0 Å². The Morgan fingerprint density at radius 2 is 2.04 bits per heavy atom. The third-order valence-corrected chi connectivity index (χ3v) is 3.66. The predicted octanol–water partition coefficient (Wildman–Crippen LogP) is 4.30. The van der Waals surface area contributed by atoms with Crippen LogP contribution in [0, 0.1) is 6.92 Å². The maximum absolute atomic E-state index is 5.31. The van der Waals surface area contributed by atoms with Crippen molar-refractivity contribution in [1.82, 2.24) is 9.97 Å². The molecule has 3 aromatic rings. The average molecular weight is 308 g/mol. The van der Waals surface area contributed by atoms with Crippen LogP contribution in [0.15, 0.2) is 53.3 Å². The number of nitrogens with zero attached hydrogens (tertiary/aromatic N) is 2. The second kappa shape index (κ2) is 6.96. The number of aromatic nitrogens is 2. The Balaban J connectivity index is 1.75. The Kier molecular flexibility index (Phi) is 4.57. The van der Waals surface area contributed by atoms with Gasteiger partial charge in [-0.1, -0.05) is 25.1 Å². The standard InChI is InChI=1S/C18H20N4O/c1-3-14-7-4-6-13(2)17(14)22-18-19-10-9-16(21-18)20-12-15-8-5-11-23-15/h4-11H,3,12H2,1-2H3,(H2,19,20,21,22). The fourth-order valence-electron chi connectivity index (χ4n) is 2.42. The zero-order valence-electron chi connectivity index (χ0n) is 13.3. The van der Waals surface area contributed by atoms with Gasteiger partial charge in [0.15, 0.2) is 0 Å². The van der Waals surface area contributed by atoms with Crippen molar-refractivity contribution in [2.45, 2.75) is 26.8 Å². The van der Waals surface area contributed by atoms with Crippen LogP contribution in [0.25, 0.3) is 0 Å². The molecule has 5 nitrogen and oxygen atoms in total. The van der Waals surface area contributed by atoms with E-state index in [1.807, 2.05) is 18.2 Å². The summed E-state index contributed by atoms with van der Waals surface area (Å²) in [6.07, 6.45) is 4.36. The minimum atomic E-state index is 0.582. The monoisotopic (exact) mass is 308 g/mol. The van der Waals surface area contributed by atoms with Gasteiger partial charge in [0, 0.05) is 11.9 Å². The molecule has 2 heterocycles. The lowest BCUT2D eigenvalue weighted by Crippen LogP contribution is -2.05. The van der Waals surface area contributed by atoms with Crippen molar-refractivity contribution >= 4 is 17.5 Å². The first-order valence-electron chi connectivity index (χ1n) is 7.71. The smallest absolute Gasteiger partial charge is 0.229 e. The topological polar surface area (TPSA) is 63.0 Å². The van der Waals surface area contributed by atoms with E-state index in [1.54, 1.807) is 12.5 Å². The zero-order chi connectivity index (χ0) is 16.1. The molecule has 0 unspecified atom stereocenters. The number of aryl methyl sites for hydroxylation is 2. The first kappa shape index (κ1) is 15.1. The van der Waals surface area contributed by atoms with Crippen LogP contribution in [-0.4, -0.2) is 9.97 Å². The van der Waals surface area contributed by atoms with Gasteiger partial charge in [0.25, 0.3) is 0 Å². The van der Waals surface area contributed by atoms with Crippen molar-refractivity contribution in [2.75, 3.05) is 10.6 Å². The number of benzene rings is 1. The number of rotatable bonds is 6. The van der Waals surface area contributed by atoms with Crippen LogP contribution in [0.4, 0.5) is 17.5 Å². The van der Waals surface area contributed by atoms with E-state index in [4.69, 9.17) is 4.42 Å². The molecule has 5 heteroatoms. The molecule has 0 aliphatic heterocycles. The normalized spacial score (nSPS) is 10.5. The molecule has 2 aromatic heterocycles. The maximum Gasteiger partial charge on any atom is 0.229 e. The third kappa shape index (κ3) is 3.69. The molecular weight excluding hydrogens is 288 g/mol. The van der Waals surface area contributed by atoms with Crippen LogP contribution in [-0.2, 0) is 13.0 Å². The van der Waals surface area contributed by atoms with E-state index in [9.17, 15) is 0 Å². The summed E-state index contributed by atoms with van der Waals surface area (Å²) in [6.45, 7) is 4.82. The van der Waals surface area contributed by atoms with Crippen molar-refractivity contribution in [3.05, 3.63) is 65.7 Å². The third-order valence-electron chi connectivity index (χ3n) is 3.66. The summed E-state index contributed by atoms with van der Waals surface area (Å²) >= 11 is 0. The van der Waals surface area contributed by atoms with Crippen molar-refractivity contribution in [2.24, 2.45) is 0 Å². The summed E-state index contributed by atoms with van der Waals surface area (Å²) in [4.78, 5) is 8.82. The molecule has 1 aromatic carbocycles.